The van der Waals surface area contributed by atoms with E-state index in [4.69, 9.17) is 16.3 Å². The fraction of sp³-hybridized carbons (Fsp3) is 0.333. The Kier molecular flexibility index (Phi) is 4.94. The zero-order chi connectivity index (χ0) is 19.0. The monoisotopic (exact) mass is 403 g/mol. The minimum absolute atomic E-state index is 0.0988. The summed E-state index contributed by atoms with van der Waals surface area (Å²) >= 11 is 7.49. The molecule has 1 amide bonds. The number of aromatic nitrogens is 3. The molecule has 4 heterocycles. The highest BCUT2D eigenvalue weighted by Gasteiger charge is 2.33. The lowest BCUT2D eigenvalue weighted by atomic mass is 10.1. The first-order valence-electron chi connectivity index (χ1n) is 8.49. The van der Waals surface area contributed by atoms with Gasteiger partial charge in [0.05, 0.1) is 27.4 Å². The molecule has 1 N–H and O–H groups in total. The van der Waals surface area contributed by atoms with E-state index in [1.165, 1.54) is 11.3 Å². The van der Waals surface area contributed by atoms with E-state index in [1.54, 1.807) is 24.4 Å². The Morgan fingerprint density at radius 2 is 2.22 bits per heavy atom. The van der Waals surface area contributed by atoms with E-state index in [0.29, 0.717) is 29.8 Å². The highest BCUT2D eigenvalue weighted by Crippen LogP contribution is 2.27. The van der Waals surface area contributed by atoms with Gasteiger partial charge in [0.15, 0.2) is 5.69 Å². The van der Waals surface area contributed by atoms with Crippen LogP contribution in [0.1, 0.15) is 29.0 Å². The molecule has 9 heteroatoms. The fourth-order valence-corrected chi connectivity index (χ4v) is 3.91. The van der Waals surface area contributed by atoms with Crippen molar-refractivity contribution in [3.63, 3.8) is 0 Å². The number of hydrogen-bond donors (Lipinski definition) is 1. The van der Waals surface area contributed by atoms with Crippen LogP contribution < -0.4 is 5.32 Å². The summed E-state index contributed by atoms with van der Waals surface area (Å²) in [4.78, 5) is 27.8. The highest BCUT2D eigenvalue weighted by molar-refractivity contribution is 7.17. The topological polar surface area (TPSA) is 80.2 Å². The first-order valence-corrected chi connectivity index (χ1v) is 9.75. The summed E-state index contributed by atoms with van der Waals surface area (Å²) in [6.45, 7) is 3.13. The number of halogens is 1. The number of anilines is 1. The molecule has 0 spiro atoms. The van der Waals surface area contributed by atoms with Crippen molar-refractivity contribution in [2.75, 3.05) is 25.5 Å². The third-order valence-electron chi connectivity index (χ3n) is 4.55. The molecule has 1 atom stereocenters. The van der Waals surface area contributed by atoms with Crippen molar-refractivity contribution in [3.8, 4) is 0 Å². The van der Waals surface area contributed by atoms with Gasteiger partial charge in [0.25, 0.3) is 5.91 Å². The van der Waals surface area contributed by atoms with Gasteiger partial charge in [-0.1, -0.05) is 11.6 Å². The number of rotatable bonds is 5. The quantitative estimate of drug-likeness (QED) is 0.703. The summed E-state index contributed by atoms with van der Waals surface area (Å²) in [5.74, 6) is 0.304. The third-order valence-corrected chi connectivity index (χ3v) is 5.66. The van der Waals surface area contributed by atoms with Crippen molar-refractivity contribution in [2.24, 2.45) is 0 Å². The van der Waals surface area contributed by atoms with Crippen LogP contribution in [-0.4, -0.2) is 52.1 Å². The molecule has 4 rings (SSSR count). The Morgan fingerprint density at radius 3 is 2.96 bits per heavy atom. The maximum atomic E-state index is 12.9. The van der Waals surface area contributed by atoms with E-state index in [9.17, 15) is 4.79 Å². The number of amides is 1. The molecule has 0 aromatic carbocycles. The molecule has 1 aliphatic rings. The predicted molar refractivity (Wildman–Crippen MR) is 105 cm³/mol. The maximum Gasteiger partial charge on any atom is 0.274 e. The van der Waals surface area contributed by atoms with E-state index >= 15 is 0 Å². The second-order valence-electron chi connectivity index (χ2n) is 6.40. The number of methoxy groups -OCH3 is 1. The van der Waals surface area contributed by atoms with Crippen molar-refractivity contribution in [1.82, 2.24) is 19.9 Å². The molecule has 0 saturated carbocycles. The molecule has 3 aromatic heterocycles. The largest absolute Gasteiger partial charge is 0.378 e. The van der Waals surface area contributed by atoms with Gasteiger partial charge in [0, 0.05) is 32.6 Å². The van der Waals surface area contributed by atoms with E-state index < -0.39 is 0 Å². The number of carbonyl (C=O) groups is 1. The van der Waals surface area contributed by atoms with Crippen molar-refractivity contribution in [2.45, 2.75) is 19.1 Å². The molecular weight excluding hydrogens is 386 g/mol. The first kappa shape index (κ1) is 18.1. The Balaban J connectivity index is 1.61. The Bertz CT molecular complexity index is 989. The van der Waals surface area contributed by atoms with Gasteiger partial charge in [0.2, 0.25) is 5.95 Å². The molecule has 0 aliphatic carbocycles. The number of likely N-dealkylation sites (tertiary alicyclic amines) is 1. The number of pyridine rings is 1. The van der Waals surface area contributed by atoms with Crippen LogP contribution in [0.25, 0.3) is 10.2 Å². The SMILES string of the molecule is COC1CN(C(=O)c2nc(N[C@@H](C)c3cncc(Cl)c3)nc3ccsc23)C1. The summed E-state index contributed by atoms with van der Waals surface area (Å²) in [5.41, 5.74) is 2.08. The second kappa shape index (κ2) is 7.38. The summed E-state index contributed by atoms with van der Waals surface area (Å²) < 4.78 is 6.05. The molecule has 0 unspecified atom stereocenters. The molecule has 3 aromatic rings. The zero-order valence-electron chi connectivity index (χ0n) is 14.8. The number of thiophene rings is 1. The van der Waals surface area contributed by atoms with Crippen molar-refractivity contribution >= 4 is 45.0 Å². The van der Waals surface area contributed by atoms with Crippen LogP contribution in [0.3, 0.4) is 0 Å². The van der Waals surface area contributed by atoms with Gasteiger partial charge in [-0.05, 0) is 30.0 Å². The van der Waals surface area contributed by atoms with Gasteiger partial charge >= 0.3 is 0 Å². The maximum absolute atomic E-state index is 12.9. The van der Waals surface area contributed by atoms with Crippen LogP contribution in [0.15, 0.2) is 29.9 Å². The van der Waals surface area contributed by atoms with Crippen molar-refractivity contribution in [3.05, 3.63) is 46.2 Å². The molecule has 1 fully saturated rings. The fourth-order valence-electron chi connectivity index (χ4n) is 2.92. The number of nitrogens with zero attached hydrogens (tertiary/aromatic N) is 4. The van der Waals surface area contributed by atoms with Crippen LogP contribution in [-0.2, 0) is 4.74 Å². The molecule has 0 radical (unpaired) electrons. The molecule has 1 saturated heterocycles. The summed E-state index contributed by atoms with van der Waals surface area (Å²) in [6, 6.07) is 3.62. The normalized spacial score (nSPS) is 15.6. The number of hydrogen-bond acceptors (Lipinski definition) is 7. The molecule has 0 bridgehead atoms. The molecule has 27 heavy (non-hydrogen) atoms. The molecule has 7 nitrogen and oxygen atoms in total. The lowest BCUT2D eigenvalue weighted by molar-refractivity contribution is -0.0193. The van der Waals surface area contributed by atoms with Gasteiger partial charge in [0.1, 0.15) is 0 Å². The molecule has 1 aliphatic heterocycles. The van der Waals surface area contributed by atoms with Crippen molar-refractivity contribution < 1.29 is 9.53 Å². The van der Waals surface area contributed by atoms with E-state index in [2.05, 4.69) is 20.3 Å². The smallest absolute Gasteiger partial charge is 0.274 e. The average molecular weight is 404 g/mol. The number of nitrogens with one attached hydrogen (secondary N) is 1. The van der Waals surface area contributed by atoms with Crippen LogP contribution in [0, 0.1) is 0 Å². The summed E-state index contributed by atoms with van der Waals surface area (Å²) in [5, 5.41) is 5.73. The van der Waals surface area contributed by atoms with E-state index in [0.717, 1.165) is 15.8 Å². The van der Waals surface area contributed by atoms with Gasteiger partial charge < -0.3 is 15.0 Å². The molecular formula is C18H18ClN5O2S. The van der Waals surface area contributed by atoms with Gasteiger partial charge in [-0.3, -0.25) is 9.78 Å². The van der Waals surface area contributed by atoms with Gasteiger partial charge in [-0.25, -0.2) is 9.97 Å². The standard InChI is InChI=1S/C18H18ClN5O2S/c1-10(11-5-12(19)7-20-6-11)21-18-22-14-3-4-27-16(14)15(23-18)17(25)24-8-13(9-24)26-2/h3-7,10,13H,8-9H2,1-2H3,(H,21,22,23)/t10-/m0/s1. The minimum atomic E-state index is -0.114. The molecule has 140 valence electrons. The number of fused-ring (bicyclic) bond motifs is 1. The number of ether oxygens (including phenoxy) is 1. The summed E-state index contributed by atoms with van der Waals surface area (Å²) in [6.07, 6.45) is 3.43. The van der Waals surface area contributed by atoms with E-state index in [1.807, 2.05) is 24.4 Å². The van der Waals surface area contributed by atoms with Crippen LogP contribution >= 0.6 is 22.9 Å². The minimum Gasteiger partial charge on any atom is -0.378 e. The lowest BCUT2D eigenvalue weighted by Crippen LogP contribution is -2.54. The predicted octanol–water partition coefficient (Wildman–Crippen LogP) is 3.38. The van der Waals surface area contributed by atoms with Crippen LogP contribution in [0.5, 0.6) is 0 Å². The Morgan fingerprint density at radius 1 is 1.41 bits per heavy atom. The lowest BCUT2D eigenvalue weighted by Gasteiger charge is -2.37. The van der Waals surface area contributed by atoms with Crippen LogP contribution in [0.2, 0.25) is 5.02 Å². The first-order chi connectivity index (χ1) is 13.0. The Hall–Kier alpha value is -2.29. The summed E-state index contributed by atoms with van der Waals surface area (Å²) in [7, 11) is 1.66. The highest BCUT2D eigenvalue weighted by atomic mass is 35.5. The van der Waals surface area contributed by atoms with Gasteiger partial charge in [-0.2, -0.15) is 0 Å². The third kappa shape index (κ3) is 3.60. The second-order valence-corrected chi connectivity index (χ2v) is 7.75. The zero-order valence-corrected chi connectivity index (χ0v) is 16.4. The van der Waals surface area contributed by atoms with E-state index in [-0.39, 0.29) is 18.1 Å². The van der Waals surface area contributed by atoms with Crippen LogP contribution in [0.4, 0.5) is 5.95 Å². The number of carbonyl (C=O) groups excluding carboxylic acids is 1. The van der Waals surface area contributed by atoms with Gasteiger partial charge in [-0.15, -0.1) is 11.3 Å². The van der Waals surface area contributed by atoms with Crippen molar-refractivity contribution in [1.29, 1.82) is 0 Å². The Labute approximate surface area is 165 Å². The average Bonchev–Trinajstić information content (AvgIpc) is 3.08.